The van der Waals surface area contributed by atoms with Crippen molar-refractivity contribution >= 4 is 128 Å². The minimum absolute atomic E-state index is 0.537. The smallest absolute Gasteiger partial charge is 0.0726 e. The first-order valence-corrected chi connectivity index (χ1v) is 23.5. The highest BCUT2D eigenvalue weighted by atomic mass is 32.1. The summed E-state index contributed by atoms with van der Waals surface area (Å²) in [5, 5.41) is 21.5. The van der Waals surface area contributed by atoms with E-state index in [2.05, 4.69) is 194 Å². The highest BCUT2D eigenvalue weighted by molar-refractivity contribution is 7.26. The minimum atomic E-state index is -0.537. The third-order valence-corrected chi connectivity index (χ3v) is 17.2. The van der Waals surface area contributed by atoms with Crippen LogP contribution in [0.1, 0.15) is 22.3 Å². The fraction of sp³-hybridized carbons (Fsp3) is 0.0164. The van der Waals surface area contributed by atoms with Crippen LogP contribution >= 0.6 is 22.7 Å². The molecule has 14 aromatic rings. The van der Waals surface area contributed by atoms with Gasteiger partial charge in [0.15, 0.2) is 0 Å². The molecule has 2 aliphatic rings. The lowest BCUT2D eigenvalue weighted by molar-refractivity contribution is 0.801. The van der Waals surface area contributed by atoms with E-state index in [1.807, 2.05) is 22.7 Å². The maximum absolute atomic E-state index is 2.59. The molecule has 0 aliphatic heterocycles. The average molecular weight is 829 g/mol. The Kier molecular flexibility index (Phi) is 6.11. The minimum Gasteiger partial charge on any atom is -0.135 e. The fourth-order valence-corrected chi connectivity index (χ4v) is 14.8. The van der Waals surface area contributed by atoms with Crippen molar-refractivity contribution in [3.63, 3.8) is 0 Å². The maximum Gasteiger partial charge on any atom is 0.0726 e. The highest BCUT2D eigenvalue weighted by Gasteiger charge is 2.51. The third-order valence-electron chi connectivity index (χ3n) is 15.0. The average Bonchev–Trinajstić information content (AvgIpc) is 4.08. The summed E-state index contributed by atoms with van der Waals surface area (Å²) in [7, 11) is 0. The van der Waals surface area contributed by atoms with Crippen LogP contribution in [0.25, 0.3) is 127 Å². The maximum atomic E-state index is 2.59. The Morgan fingerprint density at radius 2 is 0.587 bits per heavy atom. The van der Waals surface area contributed by atoms with Crippen LogP contribution in [0, 0.1) is 0 Å². The zero-order valence-electron chi connectivity index (χ0n) is 33.8. The Labute approximate surface area is 369 Å². The van der Waals surface area contributed by atoms with Gasteiger partial charge in [0.2, 0.25) is 0 Å². The molecule has 2 heterocycles. The van der Waals surface area contributed by atoms with E-state index in [0.29, 0.717) is 0 Å². The molecule has 12 aromatic carbocycles. The van der Waals surface area contributed by atoms with Gasteiger partial charge in [-0.3, -0.25) is 0 Å². The van der Waals surface area contributed by atoms with Gasteiger partial charge in [-0.15, -0.1) is 22.7 Å². The van der Waals surface area contributed by atoms with Crippen molar-refractivity contribution in [3.8, 4) is 22.3 Å². The molecule has 16 rings (SSSR count). The molecule has 2 heteroatoms. The van der Waals surface area contributed by atoms with Crippen LogP contribution in [-0.4, -0.2) is 0 Å². The number of hydrogen-bond acceptors (Lipinski definition) is 2. The van der Waals surface area contributed by atoms with E-state index in [-0.39, 0.29) is 0 Å². The topological polar surface area (TPSA) is 0 Å². The molecule has 1 spiro atoms. The summed E-state index contributed by atoms with van der Waals surface area (Å²) in [6.45, 7) is 0. The molecule has 0 unspecified atom stereocenters. The molecule has 0 fully saturated rings. The van der Waals surface area contributed by atoms with Gasteiger partial charge in [0, 0.05) is 40.3 Å². The zero-order valence-corrected chi connectivity index (χ0v) is 35.4. The molecule has 0 amide bonds. The first kappa shape index (κ1) is 33.3. The van der Waals surface area contributed by atoms with Crippen LogP contribution in [0.2, 0.25) is 0 Å². The van der Waals surface area contributed by atoms with Crippen molar-refractivity contribution in [3.05, 3.63) is 216 Å². The van der Waals surface area contributed by atoms with E-state index in [0.717, 1.165) is 0 Å². The predicted molar refractivity (Wildman–Crippen MR) is 274 cm³/mol. The van der Waals surface area contributed by atoms with E-state index in [4.69, 9.17) is 0 Å². The number of benzene rings is 12. The van der Waals surface area contributed by atoms with Gasteiger partial charge < -0.3 is 0 Å². The summed E-state index contributed by atoms with van der Waals surface area (Å²) in [5.41, 5.74) is 10.1. The molecule has 288 valence electrons. The van der Waals surface area contributed by atoms with Crippen molar-refractivity contribution < 1.29 is 0 Å². The Bertz CT molecular complexity index is 4160. The van der Waals surface area contributed by atoms with Gasteiger partial charge in [-0.05, 0) is 158 Å². The summed E-state index contributed by atoms with van der Waals surface area (Å²) >= 11 is 3.80. The van der Waals surface area contributed by atoms with Crippen molar-refractivity contribution in [2.75, 3.05) is 0 Å². The largest absolute Gasteiger partial charge is 0.135 e. The molecular weight excluding hydrogens is 797 g/mol. The molecule has 2 aromatic heterocycles. The number of fused-ring (bicyclic) bond motifs is 16. The molecule has 0 atom stereocenters. The van der Waals surface area contributed by atoms with Gasteiger partial charge in [-0.25, -0.2) is 0 Å². The summed E-state index contributed by atoms with van der Waals surface area (Å²) in [4.78, 5) is 0. The lowest BCUT2D eigenvalue weighted by Crippen LogP contribution is -2.26. The molecule has 0 saturated carbocycles. The van der Waals surface area contributed by atoms with Crippen molar-refractivity contribution in [1.29, 1.82) is 0 Å². The first-order chi connectivity index (χ1) is 31.2. The summed E-state index contributed by atoms with van der Waals surface area (Å²) in [5.74, 6) is 0. The van der Waals surface area contributed by atoms with Crippen LogP contribution < -0.4 is 0 Å². The Morgan fingerprint density at radius 1 is 0.222 bits per heavy atom. The van der Waals surface area contributed by atoms with Crippen LogP contribution in [0.3, 0.4) is 0 Å². The molecule has 0 bridgehead atoms. The SMILES string of the molecule is c1ccc2c(c1)sc1cc(-c3cc4c5c(c3)c3ccccc3c3cccc(c35)C43c4cccc5c6ccccc6c6cc(-c7ccc8c(c7)sc7ccccc78)cc3c6c45)ccc12. The lowest BCUT2D eigenvalue weighted by atomic mass is 9.69. The van der Waals surface area contributed by atoms with Crippen LogP contribution in [-0.2, 0) is 5.41 Å². The second-order valence-corrected chi connectivity index (χ2v) is 20.0. The fourth-order valence-electron chi connectivity index (χ4n) is 12.5. The highest BCUT2D eigenvalue weighted by Crippen LogP contribution is 2.64. The zero-order chi connectivity index (χ0) is 40.7. The second kappa shape index (κ2) is 11.6. The lowest BCUT2D eigenvalue weighted by Gasteiger charge is -2.32. The van der Waals surface area contributed by atoms with E-state index in [1.165, 1.54) is 149 Å². The van der Waals surface area contributed by atoms with E-state index in [9.17, 15) is 0 Å². The second-order valence-electron chi connectivity index (χ2n) is 17.8. The van der Waals surface area contributed by atoms with Gasteiger partial charge in [-0.1, -0.05) is 146 Å². The van der Waals surface area contributed by atoms with Gasteiger partial charge in [0.1, 0.15) is 0 Å². The van der Waals surface area contributed by atoms with Crippen molar-refractivity contribution in [1.82, 2.24) is 0 Å². The number of hydrogen-bond donors (Lipinski definition) is 0. The van der Waals surface area contributed by atoms with Crippen molar-refractivity contribution in [2.24, 2.45) is 0 Å². The molecule has 0 saturated heterocycles. The summed E-state index contributed by atoms with van der Waals surface area (Å²) in [6, 6.07) is 74.8. The molecular formula is C61H32S2. The van der Waals surface area contributed by atoms with Gasteiger partial charge in [0.05, 0.1) is 5.41 Å². The molecule has 0 N–H and O–H groups in total. The number of rotatable bonds is 2. The van der Waals surface area contributed by atoms with Gasteiger partial charge in [0.25, 0.3) is 0 Å². The van der Waals surface area contributed by atoms with E-state index < -0.39 is 5.41 Å². The molecule has 0 nitrogen and oxygen atoms in total. The van der Waals surface area contributed by atoms with Crippen LogP contribution in [0.15, 0.2) is 194 Å². The van der Waals surface area contributed by atoms with Gasteiger partial charge in [-0.2, -0.15) is 0 Å². The molecule has 2 aliphatic carbocycles. The summed E-state index contributed by atoms with van der Waals surface area (Å²) in [6.07, 6.45) is 0. The normalized spacial score (nSPS) is 13.8. The molecule has 0 radical (unpaired) electrons. The third kappa shape index (κ3) is 4.00. The molecule has 63 heavy (non-hydrogen) atoms. The van der Waals surface area contributed by atoms with Crippen molar-refractivity contribution in [2.45, 2.75) is 5.41 Å². The standard InChI is InChI=1S/C61H32S2/c1-3-13-39-37(11-1)45-17-9-19-49-57(45)59-47(39)27-35(33-23-25-43-41-15-5-7-21-53(41)62-55(43)31-33)29-51(59)61(49)50-20-10-18-46-38-12-2-4-14-40(38)48-28-36(30-52(61)60(48)58(46)50)34-24-26-44-42-16-6-8-22-54(42)63-56(44)32-34/h1-32H. The van der Waals surface area contributed by atoms with E-state index >= 15 is 0 Å². The van der Waals surface area contributed by atoms with Crippen LogP contribution in [0.4, 0.5) is 0 Å². The quantitative estimate of drug-likeness (QED) is 0.152. The Morgan fingerprint density at radius 3 is 1.05 bits per heavy atom. The summed E-state index contributed by atoms with van der Waals surface area (Å²) < 4.78 is 5.34. The first-order valence-electron chi connectivity index (χ1n) is 21.9. The Hall–Kier alpha value is -7.36. The van der Waals surface area contributed by atoms with Crippen LogP contribution in [0.5, 0.6) is 0 Å². The van der Waals surface area contributed by atoms with E-state index in [1.54, 1.807) is 0 Å². The Balaban J connectivity index is 1.08. The monoisotopic (exact) mass is 828 g/mol. The number of thiophene rings is 2. The predicted octanol–water partition coefficient (Wildman–Crippen LogP) is 17.7. The van der Waals surface area contributed by atoms with Gasteiger partial charge >= 0.3 is 0 Å².